The van der Waals surface area contributed by atoms with Crippen LogP contribution in [-0.2, 0) is 17.9 Å². The number of amides is 1. The molecule has 2 aromatic rings. The molecule has 0 radical (unpaired) electrons. The van der Waals surface area contributed by atoms with E-state index in [4.69, 9.17) is 16.0 Å². The van der Waals surface area contributed by atoms with Crippen molar-refractivity contribution in [2.75, 3.05) is 5.88 Å². The maximum Gasteiger partial charge on any atom is 0.230 e. The minimum absolute atomic E-state index is 0.0282. The van der Waals surface area contributed by atoms with Gasteiger partial charge in [-0.2, -0.15) is 0 Å². The Kier molecular flexibility index (Phi) is 5.30. The van der Waals surface area contributed by atoms with E-state index in [0.717, 1.165) is 17.1 Å². The van der Waals surface area contributed by atoms with Gasteiger partial charge in [-0.25, -0.2) is 0 Å². The quantitative estimate of drug-likeness (QED) is 0.740. The fourth-order valence-electron chi connectivity index (χ4n) is 2.25. The Labute approximate surface area is 136 Å². The molecule has 22 heavy (non-hydrogen) atoms. The van der Waals surface area contributed by atoms with Gasteiger partial charge in [0.2, 0.25) is 5.91 Å². The molecule has 1 heterocycles. The number of rotatable bonds is 6. The van der Waals surface area contributed by atoms with Gasteiger partial charge in [-0.15, -0.1) is 11.6 Å². The molecule has 0 atom stereocenters. The molecular weight excluding hydrogens is 298 g/mol. The van der Waals surface area contributed by atoms with Crippen molar-refractivity contribution < 1.29 is 9.21 Å². The van der Waals surface area contributed by atoms with Crippen molar-refractivity contribution in [2.45, 2.75) is 33.9 Å². The van der Waals surface area contributed by atoms with E-state index < -0.39 is 5.41 Å². The number of nitrogens with zero attached hydrogens (tertiary/aromatic N) is 1. The lowest BCUT2D eigenvalue weighted by Gasteiger charge is -2.30. The normalized spacial score (nSPS) is 11.5. The average molecular weight is 320 g/mol. The van der Waals surface area contributed by atoms with E-state index in [1.165, 1.54) is 0 Å². The molecule has 0 saturated heterocycles. The third-order valence-electron chi connectivity index (χ3n) is 3.56. The highest BCUT2D eigenvalue weighted by atomic mass is 35.5. The molecule has 1 aromatic heterocycles. The Morgan fingerprint density at radius 2 is 1.82 bits per heavy atom. The summed E-state index contributed by atoms with van der Waals surface area (Å²) in [5.41, 5.74) is 0.488. The number of carbonyl (C=O) groups excluding carboxylic acids is 1. The van der Waals surface area contributed by atoms with Gasteiger partial charge in [0.25, 0.3) is 0 Å². The van der Waals surface area contributed by atoms with E-state index in [0.29, 0.717) is 13.1 Å². The number of benzene rings is 1. The Bertz CT molecular complexity index is 619. The highest BCUT2D eigenvalue weighted by Gasteiger charge is 2.31. The molecule has 0 bridgehead atoms. The van der Waals surface area contributed by atoms with E-state index in [9.17, 15) is 4.79 Å². The fraction of sp³-hybridized carbons (Fsp3) is 0.389. The predicted molar refractivity (Wildman–Crippen MR) is 88.6 cm³/mol. The summed E-state index contributed by atoms with van der Waals surface area (Å²) in [6.07, 6.45) is 0. The molecule has 0 saturated carbocycles. The van der Waals surface area contributed by atoms with E-state index in [1.807, 2.05) is 63.2 Å². The first-order chi connectivity index (χ1) is 10.4. The van der Waals surface area contributed by atoms with Crippen molar-refractivity contribution in [1.29, 1.82) is 0 Å². The fourth-order valence-corrected chi connectivity index (χ4v) is 2.36. The largest absolute Gasteiger partial charge is 0.464 e. The molecule has 3 nitrogen and oxygen atoms in total. The highest BCUT2D eigenvalue weighted by molar-refractivity contribution is 6.19. The van der Waals surface area contributed by atoms with Crippen LogP contribution in [0.3, 0.4) is 0 Å². The molecule has 0 unspecified atom stereocenters. The van der Waals surface area contributed by atoms with Gasteiger partial charge in [-0.1, -0.05) is 30.3 Å². The van der Waals surface area contributed by atoms with E-state index in [1.54, 1.807) is 4.90 Å². The molecule has 0 spiro atoms. The van der Waals surface area contributed by atoms with Crippen molar-refractivity contribution in [3.63, 3.8) is 0 Å². The number of aryl methyl sites for hydroxylation is 1. The first-order valence-electron chi connectivity index (χ1n) is 7.37. The molecule has 1 aromatic carbocycles. The van der Waals surface area contributed by atoms with Crippen LogP contribution in [0.5, 0.6) is 0 Å². The average Bonchev–Trinajstić information content (AvgIpc) is 2.92. The number of hydrogen-bond acceptors (Lipinski definition) is 2. The maximum absolute atomic E-state index is 12.8. The second-order valence-corrected chi connectivity index (χ2v) is 6.44. The van der Waals surface area contributed by atoms with Crippen LogP contribution in [0.15, 0.2) is 46.9 Å². The molecular formula is C18H22ClNO2. The van der Waals surface area contributed by atoms with E-state index >= 15 is 0 Å². The van der Waals surface area contributed by atoms with E-state index in [-0.39, 0.29) is 11.8 Å². The smallest absolute Gasteiger partial charge is 0.230 e. The van der Waals surface area contributed by atoms with Crippen molar-refractivity contribution in [3.8, 4) is 0 Å². The summed E-state index contributed by atoms with van der Waals surface area (Å²) in [6.45, 7) is 6.62. The SMILES string of the molecule is Cc1ccc(CN(Cc2ccccc2)C(=O)C(C)(C)CCl)o1. The van der Waals surface area contributed by atoms with Crippen LogP contribution in [0.1, 0.15) is 30.9 Å². The number of alkyl halides is 1. The molecule has 118 valence electrons. The van der Waals surface area contributed by atoms with Gasteiger partial charge >= 0.3 is 0 Å². The zero-order chi connectivity index (χ0) is 16.2. The summed E-state index contributed by atoms with van der Waals surface area (Å²) in [6, 6.07) is 13.8. The van der Waals surface area contributed by atoms with Crippen molar-refractivity contribution in [3.05, 3.63) is 59.5 Å². The number of carbonyl (C=O) groups is 1. The zero-order valence-corrected chi connectivity index (χ0v) is 14.1. The minimum Gasteiger partial charge on any atom is -0.464 e. The van der Waals surface area contributed by atoms with Crippen LogP contribution in [0, 0.1) is 12.3 Å². The van der Waals surface area contributed by atoms with Gasteiger partial charge in [0, 0.05) is 12.4 Å². The van der Waals surface area contributed by atoms with Gasteiger partial charge in [-0.05, 0) is 38.5 Å². The number of halogens is 1. The van der Waals surface area contributed by atoms with Gasteiger partial charge in [0.1, 0.15) is 11.5 Å². The Balaban J connectivity index is 2.22. The van der Waals surface area contributed by atoms with Crippen LogP contribution >= 0.6 is 11.6 Å². The third kappa shape index (κ3) is 4.14. The summed E-state index contributed by atoms with van der Waals surface area (Å²) in [7, 11) is 0. The molecule has 0 fully saturated rings. The van der Waals surface area contributed by atoms with Crippen molar-refractivity contribution in [2.24, 2.45) is 5.41 Å². The lowest BCUT2D eigenvalue weighted by molar-refractivity contribution is -0.140. The predicted octanol–water partition coefficient (Wildman–Crippen LogP) is 4.38. The molecule has 0 aliphatic carbocycles. The summed E-state index contributed by atoms with van der Waals surface area (Å²) in [4.78, 5) is 14.6. The topological polar surface area (TPSA) is 33.5 Å². The van der Waals surface area contributed by atoms with Gasteiger partial charge < -0.3 is 9.32 Å². The van der Waals surface area contributed by atoms with Gasteiger partial charge in [0.15, 0.2) is 0 Å². The van der Waals surface area contributed by atoms with Crippen LogP contribution in [0.25, 0.3) is 0 Å². The van der Waals surface area contributed by atoms with Gasteiger partial charge in [0.05, 0.1) is 12.0 Å². The third-order valence-corrected chi connectivity index (χ3v) is 4.23. The van der Waals surface area contributed by atoms with Crippen LogP contribution in [0.4, 0.5) is 0 Å². The maximum atomic E-state index is 12.8. The Morgan fingerprint density at radius 3 is 2.36 bits per heavy atom. The molecule has 1 amide bonds. The summed E-state index contributed by atoms with van der Waals surface area (Å²) in [5.74, 6) is 1.94. The monoisotopic (exact) mass is 319 g/mol. The lowest BCUT2D eigenvalue weighted by Crippen LogP contribution is -2.41. The summed E-state index contributed by atoms with van der Waals surface area (Å²) < 4.78 is 5.62. The molecule has 0 aliphatic rings. The van der Waals surface area contributed by atoms with E-state index in [2.05, 4.69) is 0 Å². The standard InChI is InChI=1S/C18H22ClNO2/c1-14-9-10-16(22-14)12-20(17(21)18(2,3)13-19)11-15-7-5-4-6-8-15/h4-10H,11-13H2,1-3H3. The molecule has 2 rings (SSSR count). The zero-order valence-electron chi connectivity index (χ0n) is 13.3. The van der Waals surface area contributed by atoms with Gasteiger partial charge in [-0.3, -0.25) is 4.79 Å². The number of furan rings is 1. The second-order valence-electron chi connectivity index (χ2n) is 6.18. The first kappa shape index (κ1) is 16.6. The van der Waals surface area contributed by atoms with Crippen molar-refractivity contribution >= 4 is 17.5 Å². The highest BCUT2D eigenvalue weighted by Crippen LogP contribution is 2.24. The van der Waals surface area contributed by atoms with Crippen LogP contribution in [0.2, 0.25) is 0 Å². The summed E-state index contributed by atoms with van der Waals surface area (Å²) >= 11 is 5.97. The number of hydrogen-bond donors (Lipinski definition) is 0. The van der Waals surface area contributed by atoms with Crippen LogP contribution in [-0.4, -0.2) is 16.7 Å². The Hall–Kier alpha value is -1.74. The lowest BCUT2D eigenvalue weighted by atomic mass is 9.94. The summed E-state index contributed by atoms with van der Waals surface area (Å²) in [5, 5.41) is 0. The molecule has 4 heteroatoms. The second kappa shape index (κ2) is 7.01. The molecule has 0 N–H and O–H groups in total. The first-order valence-corrected chi connectivity index (χ1v) is 7.90. The minimum atomic E-state index is -0.599. The molecule has 0 aliphatic heterocycles. The Morgan fingerprint density at radius 1 is 1.14 bits per heavy atom. The van der Waals surface area contributed by atoms with Crippen molar-refractivity contribution in [1.82, 2.24) is 4.90 Å². The van der Waals surface area contributed by atoms with Crippen LogP contribution < -0.4 is 0 Å².